The van der Waals surface area contributed by atoms with Crippen LogP contribution in [0.5, 0.6) is 0 Å². The summed E-state index contributed by atoms with van der Waals surface area (Å²) >= 11 is 0. The van der Waals surface area contributed by atoms with Crippen LogP contribution in [0.4, 0.5) is 0 Å². The van der Waals surface area contributed by atoms with Gasteiger partial charge in [0.15, 0.2) is 0 Å². The van der Waals surface area contributed by atoms with Crippen LogP contribution in [0, 0.1) is 6.92 Å². The highest BCUT2D eigenvalue weighted by molar-refractivity contribution is 7.15. The molecule has 0 saturated carbocycles. The average molecular weight is 264 g/mol. The molecule has 0 aliphatic rings. The summed E-state index contributed by atoms with van der Waals surface area (Å²) in [7, 11) is 2.76. The lowest BCUT2D eigenvalue weighted by Crippen LogP contribution is -1.82. The fourth-order valence-electron chi connectivity index (χ4n) is 2.38. The molecule has 1 atom stereocenters. The summed E-state index contributed by atoms with van der Waals surface area (Å²) in [4.78, 5) is 0. The molecule has 3 aromatic rings. The van der Waals surface area contributed by atoms with Crippen LogP contribution in [0.1, 0.15) is 11.1 Å². The Morgan fingerprint density at radius 2 is 1.37 bits per heavy atom. The molecule has 0 amide bonds. The van der Waals surface area contributed by atoms with Gasteiger partial charge in [-0.25, -0.2) is 0 Å². The van der Waals surface area contributed by atoms with Crippen molar-refractivity contribution in [2.24, 2.45) is 0 Å². The molecule has 0 N–H and O–H groups in total. The van der Waals surface area contributed by atoms with Gasteiger partial charge in [-0.15, -0.1) is 9.24 Å². The van der Waals surface area contributed by atoms with E-state index in [0.717, 1.165) is 6.16 Å². The Labute approximate surface area is 116 Å². The van der Waals surface area contributed by atoms with E-state index < -0.39 is 0 Å². The molecule has 0 aliphatic carbocycles. The molecule has 0 bridgehead atoms. The zero-order chi connectivity index (χ0) is 13.2. The molecular weight excluding hydrogens is 247 g/mol. The maximum absolute atomic E-state index is 2.76. The fourth-order valence-corrected chi connectivity index (χ4v) is 2.65. The molecule has 3 aromatic carbocycles. The Morgan fingerprint density at radius 1 is 0.737 bits per heavy atom. The molecular formula is C18H17P. The SMILES string of the molecule is Cc1ccc2cc(-c3ccc(CP)cc3)ccc2c1. The van der Waals surface area contributed by atoms with E-state index in [2.05, 4.69) is 76.8 Å². The highest BCUT2D eigenvalue weighted by Crippen LogP contribution is 2.25. The predicted octanol–water partition coefficient (Wildman–Crippen LogP) is 5.19. The lowest BCUT2D eigenvalue weighted by molar-refractivity contribution is 1.42. The quantitative estimate of drug-likeness (QED) is 0.559. The number of benzene rings is 3. The van der Waals surface area contributed by atoms with Crippen LogP contribution in [0.15, 0.2) is 60.7 Å². The Bertz CT molecular complexity index is 711. The second-order valence-corrected chi connectivity index (χ2v) is 5.37. The average Bonchev–Trinajstić information content (AvgIpc) is 2.47. The van der Waals surface area contributed by atoms with Gasteiger partial charge in [-0.2, -0.15) is 0 Å². The van der Waals surface area contributed by atoms with Crippen molar-refractivity contribution >= 4 is 20.0 Å². The number of hydrogen-bond acceptors (Lipinski definition) is 0. The number of fused-ring (bicyclic) bond motifs is 1. The first-order valence-electron chi connectivity index (χ1n) is 6.56. The second-order valence-electron chi connectivity index (χ2n) is 4.97. The van der Waals surface area contributed by atoms with Gasteiger partial charge < -0.3 is 0 Å². The third kappa shape index (κ3) is 2.55. The van der Waals surface area contributed by atoms with Crippen molar-refractivity contribution in [2.45, 2.75) is 13.1 Å². The zero-order valence-corrected chi connectivity index (χ0v) is 12.2. The third-order valence-electron chi connectivity index (χ3n) is 3.52. The monoisotopic (exact) mass is 264 g/mol. The van der Waals surface area contributed by atoms with Gasteiger partial charge in [0.25, 0.3) is 0 Å². The van der Waals surface area contributed by atoms with E-state index in [1.165, 1.54) is 33.0 Å². The Morgan fingerprint density at radius 3 is 2.11 bits per heavy atom. The van der Waals surface area contributed by atoms with E-state index in [-0.39, 0.29) is 0 Å². The summed E-state index contributed by atoms with van der Waals surface area (Å²) in [5, 5.41) is 2.61. The minimum atomic E-state index is 1.01. The Hall–Kier alpha value is -1.65. The minimum Gasteiger partial charge on any atom is -0.133 e. The standard InChI is InChI=1S/C18H17P/c1-13-2-5-18-11-17(9-8-16(18)10-13)15-6-3-14(12-19)4-7-15/h2-11H,12,19H2,1H3. The van der Waals surface area contributed by atoms with Gasteiger partial charge in [-0.05, 0) is 46.6 Å². The van der Waals surface area contributed by atoms with E-state index in [1.807, 2.05) is 0 Å². The topological polar surface area (TPSA) is 0 Å². The molecule has 1 unspecified atom stereocenters. The summed E-state index contributed by atoms with van der Waals surface area (Å²) in [6.45, 7) is 2.13. The van der Waals surface area contributed by atoms with Crippen molar-refractivity contribution in [1.82, 2.24) is 0 Å². The van der Waals surface area contributed by atoms with Gasteiger partial charge in [0.05, 0.1) is 0 Å². The van der Waals surface area contributed by atoms with Gasteiger partial charge in [0.2, 0.25) is 0 Å². The van der Waals surface area contributed by atoms with Gasteiger partial charge in [-0.3, -0.25) is 0 Å². The molecule has 0 radical (unpaired) electrons. The first kappa shape index (κ1) is 12.4. The Balaban J connectivity index is 2.06. The van der Waals surface area contributed by atoms with E-state index >= 15 is 0 Å². The van der Waals surface area contributed by atoms with Crippen LogP contribution in [0.2, 0.25) is 0 Å². The molecule has 0 spiro atoms. The number of aryl methyl sites for hydroxylation is 1. The van der Waals surface area contributed by atoms with Gasteiger partial charge in [0, 0.05) is 0 Å². The van der Waals surface area contributed by atoms with Gasteiger partial charge in [0.1, 0.15) is 0 Å². The molecule has 94 valence electrons. The summed E-state index contributed by atoms with van der Waals surface area (Å²) in [5.74, 6) is 0. The van der Waals surface area contributed by atoms with Gasteiger partial charge >= 0.3 is 0 Å². The normalized spacial score (nSPS) is 10.8. The largest absolute Gasteiger partial charge is 0.133 e. The van der Waals surface area contributed by atoms with E-state index in [9.17, 15) is 0 Å². The summed E-state index contributed by atoms with van der Waals surface area (Å²) in [5.41, 5.74) is 5.23. The maximum Gasteiger partial charge on any atom is -0.0128 e. The number of hydrogen-bond donors (Lipinski definition) is 0. The van der Waals surface area contributed by atoms with Crippen molar-refractivity contribution in [3.05, 3.63) is 71.8 Å². The number of rotatable bonds is 2. The van der Waals surface area contributed by atoms with Crippen LogP contribution < -0.4 is 0 Å². The van der Waals surface area contributed by atoms with Crippen molar-refractivity contribution in [1.29, 1.82) is 0 Å². The minimum absolute atomic E-state index is 1.01. The summed E-state index contributed by atoms with van der Waals surface area (Å²) in [6.07, 6.45) is 1.01. The lowest BCUT2D eigenvalue weighted by atomic mass is 9.99. The van der Waals surface area contributed by atoms with Crippen LogP contribution in [0.25, 0.3) is 21.9 Å². The van der Waals surface area contributed by atoms with Crippen LogP contribution in [-0.2, 0) is 6.16 Å². The maximum atomic E-state index is 2.76. The van der Waals surface area contributed by atoms with E-state index in [1.54, 1.807) is 0 Å². The predicted molar refractivity (Wildman–Crippen MR) is 87.5 cm³/mol. The van der Waals surface area contributed by atoms with Gasteiger partial charge in [-0.1, -0.05) is 60.2 Å². The van der Waals surface area contributed by atoms with Crippen molar-refractivity contribution in [3.63, 3.8) is 0 Å². The van der Waals surface area contributed by atoms with Crippen molar-refractivity contribution in [3.8, 4) is 11.1 Å². The molecule has 1 heteroatoms. The van der Waals surface area contributed by atoms with E-state index in [0.29, 0.717) is 0 Å². The molecule has 0 fully saturated rings. The Kier molecular flexibility index (Phi) is 3.36. The molecule has 0 heterocycles. The molecule has 19 heavy (non-hydrogen) atoms. The van der Waals surface area contributed by atoms with Crippen LogP contribution in [-0.4, -0.2) is 0 Å². The third-order valence-corrected chi connectivity index (χ3v) is 3.99. The first-order chi connectivity index (χ1) is 9.26. The smallest absolute Gasteiger partial charge is 0.0128 e. The van der Waals surface area contributed by atoms with Crippen molar-refractivity contribution < 1.29 is 0 Å². The molecule has 0 nitrogen and oxygen atoms in total. The molecule has 3 rings (SSSR count). The van der Waals surface area contributed by atoms with Crippen molar-refractivity contribution in [2.75, 3.05) is 0 Å². The highest BCUT2D eigenvalue weighted by Gasteiger charge is 2.00. The first-order valence-corrected chi connectivity index (χ1v) is 7.38. The summed E-state index contributed by atoms with van der Waals surface area (Å²) in [6, 6.07) is 22.1. The highest BCUT2D eigenvalue weighted by atomic mass is 31.0. The fraction of sp³-hybridized carbons (Fsp3) is 0.111. The van der Waals surface area contributed by atoms with Crippen LogP contribution >= 0.6 is 9.24 Å². The second kappa shape index (κ2) is 5.15. The molecule has 0 saturated heterocycles. The lowest BCUT2D eigenvalue weighted by Gasteiger charge is -2.06. The van der Waals surface area contributed by atoms with Crippen LogP contribution in [0.3, 0.4) is 0 Å². The molecule has 0 aromatic heterocycles. The zero-order valence-electron chi connectivity index (χ0n) is 11.1. The van der Waals surface area contributed by atoms with E-state index in [4.69, 9.17) is 0 Å². The molecule has 0 aliphatic heterocycles. The summed E-state index contributed by atoms with van der Waals surface area (Å²) < 4.78 is 0.